The molecule has 0 bridgehead atoms. The molecule has 0 atom stereocenters. The van der Waals surface area contributed by atoms with Gasteiger partial charge in [-0.2, -0.15) is 4.31 Å². The molecule has 0 saturated carbocycles. The highest BCUT2D eigenvalue weighted by atomic mass is 32.2. The Morgan fingerprint density at radius 1 is 0.875 bits per heavy atom. The monoisotopic (exact) mass is 453 g/mol. The molecule has 3 rings (SSSR count). The van der Waals surface area contributed by atoms with Crippen molar-refractivity contribution in [2.45, 2.75) is 31.1 Å². The summed E-state index contributed by atoms with van der Waals surface area (Å²) >= 11 is 0. The molecule has 0 N–H and O–H groups in total. The fourth-order valence-corrected chi connectivity index (χ4v) is 4.72. The van der Waals surface area contributed by atoms with Gasteiger partial charge in [0, 0.05) is 11.6 Å². The molecule has 0 aromatic heterocycles. The number of methoxy groups -OCH3 is 2. The number of hydrogen-bond donors (Lipinski definition) is 0. The number of anilines is 1. The third-order valence-electron chi connectivity index (χ3n) is 5.05. The van der Waals surface area contributed by atoms with Crippen molar-refractivity contribution in [2.24, 2.45) is 0 Å². The first kappa shape index (κ1) is 23.3. The van der Waals surface area contributed by atoms with E-state index in [-0.39, 0.29) is 16.1 Å². The molecule has 0 aliphatic carbocycles. The van der Waals surface area contributed by atoms with E-state index in [0.29, 0.717) is 11.5 Å². The largest absolute Gasteiger partial charge is 0.497 e. The molecule has 6 nitrogen and oxygen atoms in total. The van der Waals surface area contributed by atoms with Gasteiger partial charge in [-0.05, 0) is 54.8 Å². The lowest BCUT2D eigenvalue weighted by Gasteiger charge is -2.23. The van der Waals surface area contributed by atoms with Gasteiger partial charge in [-0.3, -0.25) is 4.79 Å². The molecule has 0 spiro atoms. The maximum atomic E-state index is 13.6. The van der Waals surface area contributed by atoms with E-state index >= 15 is 0 Å². The summed E-state index contributed by atoms with van der Waals surface area (Å²) in [4.78, 5) is 13.6. The van der Waals surface area contributed by atoms with Gasteiger partial charge in [-0.25, -0.2) is 8.42 Å². The maximum Gasteiger partial charge on any atom is 0.272 e. The van der Waals surface area contributed by atoms with Gasteiger partial charge in [-0.1, -0.05) is 43.7 Å². The van der Waals surface area contributed by atoms with Gasteiger partial charge in [0.15, 0.2) is 0 Å². The van der Waals surface area contributed by atoms with Crippen molar-refractivity contribution >= 4 is 21.6 Å². The number of ether oxygens (including phenoxy) is 2. The molecule has 0 aliphatic heterocycles. The number of carbonyl (C=O) groups excluding carboxylic acids is 1. The van der Waals surface area contributed by atoms with Crippen LogP contribution >= 0.6 is 0 Å². The number of carbonyl (C=O) groups is 1. The van der Waals surface area contributed by atoms with Crippen LogP contribution in [0.25, 0.3) is 0 Å². The van der Waals surface area contributed by atoms with Crippen molar-refractivity contribution in [3.05, 3.63) is 83.9 Å². The summed E-state index contributed by atoms with van der Waals surface area (Å²) in [6.07, 6.45) is 2.99. The molecular formula is C25H27NO5S. The van der Waals surface area contributed by atoms with Crippen molar-refractivity contribution in [3.63, 3.8) is 0 Å². The highest BCUT2D eigenvalue weighted by Gasteiger charge is 2.32. The Kier molecular flexibility index (Phi) is 7.53. The average Bonchev–Trinajstić information content (AvgIpc) is 2.83. The number of aryl methyl sites for hydroxylation is 1. The van der Waals surface area contributed by atoms with E-state index < -0.39 is 15.9 Å². The van der Waals surface area contributed by atoms with Crippen molar-refractivity contribution in [1.29, 1.82) is 0 Å². The zero-order chi connectivity index (χ0) is 23.1. The van der Waals surface area contributed by atoms with Crippen LogP contribution in [0.15, 0.2) is 77.7 Å². The molecule has 168 valence electrons. The van der Waals surface area contributed by atoms with Crippen LogP contribution in [0.2, 0.25) is 0 Å². The Bertz CT molecular complexity index is 1140. The van der Waals surface area contributed by atoms with Gasteiger partial charge in [0.1, 0.15) is 11.5 Å². The molecule has 1 amide bonds. The predicted molar refractivity (Wildman–Crippen MR) is 125 cm³/mol. The van der Waals surface area contributed by atoms with Crippen LogP contribution in [0.1, 0.15) is 35.7 Å². The number of sulfonamides is 1. The zero-order valence-corrected chi connectivity index (χ0v) is 19.3. The van der Waals surface area contributed by atoms with Gasteiger partial charge in [0.05, 0.1) is 24.8 Å². The standard InChI is InChI=1S/C25H27NO5S/c1-4-5-9-19-12-14-21(15-13-19)26(32(28,29)24-10-7-6-8-11-24)25(27)20-16-22(30-2)18-23(17-20)31-3/h6-8,10-18H,4-5,9H2,1-3H3. The summed E-state index contributed by atoms with van der Waals surface area (Å²) in [5.74, 6) is 0.0757. The number of rotatable bonds is 9. The van der Waals surface area contributed by atoms with E-state index in [1.54, 1.807) is 36.4 Å². The molecule has 7 heteroatoms. The van der Waals surface area contributed by atoms with E-state index in [4.69, 9.17) is 9.47 Å². The normalized spacial score (nSPS) is 11.1. The Morgan fingerprint density at radius 2 is 1.47 bits per heavy atom. The number of nitrogens with zero attached hydrogens (tertiary/aromatic N) is 1. The summed E-state index contributed by atoms with van der Waals surface area (Å²) in [5.41, 5.74) is 1.49. The predicted octanol–water partition coefficient (Wildman–Crippen LogP) is 5.08. The third-order valence-corrected chi connectivity index (χ3v) is 6.78. The molecule has 0 unspecified atom stereocenters. The summed E-state index contributed by atoms with van der Waals surface area (Å²) in [6, 6.07) is 19.6. The lowest BCUT2D eigenvalue weighted by Crippen LogP contribution is -2.37. The molecular weight excluding hydrogens is 426 g/mol. The molecule has 0 saturated heterocycles. The van der Waals surface area contributed by atoms with Crippen LogP contribution in [0, 0.1) is 0 Å². The Hall–Kier alpha value is -3.32. The molecule has 32 heavy (non-hydrogen) atoms. The van der Waals surface area contributed by atoms with Gasteiger partial charge < -0.3 is 9.47 Å². The van der Waals surface area contributed by atoms with Crippen LogP contribution in [-0.4, -0.2) is 28.5 Å². The summed E-state index contributed by atoms with van der Waals surface area (Å²) in [7, 11) is -1.23. The van der Waals surface area contributed by atoms with E-state index in [9.17, 15) is 13.2 Å². The lowest BCUT2D eigenvalue weighted by molar-refractivity contribution is 0.100. The molecule has 3 aromatic carbocycles. The molecule has 0 heterocycles. The SMILES string of the molecule is CCCCc1ccc(N(C(=O)c2cc(OC)cc(OC)c2)S(=O)(=O)c2ccccc2)cc1. The molecule has 3 aromatic rings. The lowest BCUT2D eigenvalue weighted by atomic mass is 10.1. The zero-order valence-electron chi connectivity index (χ0n) is 18.4. The first-order valence-corrected chi connectivity index (χ1v) is 11.8. The Balaban J connectivity index is 2.12. The first-order valence-electron chi connectivity index (χ1n) is 10.4. The third kappa shape index (κ3) is 5.11. The second-order valence-electron chi connectivity index (χ2n) is 7.26. The average molecular weight is 454 g/mol. The van der Waals surface area contributed by atoms with Crippen molar-refractivity contribution in [1.82, 2.24) is 0 Å². The summed E-state index contributed by atoms with van der Waals surface area (Å²) in [5, 5.41) is 0. The van der Waals surface area contributed by atoms with Crippen LogP contribution < -0.4 is 13.8 Å². The smallest absolute Gasteiger partial charge is 0.272 e. The van der Waals surface area contributed by atoms with Crippen LogP contribution in [-0.2, 0) is 16.4 Å². The van der Waals surface area contributed by atoms with E-state index in [1.807, 2.05) is 12.1 Å². The van der Waals surface area contributed by atoms with E-state index in [2.05, 4.69) is 6.92 Å². The Morgan fingerprint density at radius 3 is 2.00 bits per heavy atom. The molecule has 0 aliphatic rings. The van der Waals surface area contributed by atoms with Crippen molar-refractivity contribution in [3.8, 4) is 11.5 Å². The van der Waals surface area contributed by atoms with Gasteiger partial charge in [0.2, 0.25) is 0 Å². The topological polar surface area (TPSA) is 72.9 Å². The van der Waals surface area contributed by atoms with Gasteiger partial charge in [0.25, 0.3) is 15.9 Å². The minimum Gasteiger partial charge on any atom is -0.497 e. The van der Waals surface area contributed by atoms with Crippen LogP contribution in [0.5, 0.6) is 11.5 Å². The number of hydrogen-bond acceptors (Lipinski definition) is 5. The van der Waals surface area contributed by atoms with Crippen molar-refractivity contribution in [2.75, 3.05) is 18.5 Å². The summed E-state index contributed by atoms with van der Waals surface area (Å²) in [6.45, 7) is 2.11. The number of unbranched alkanes of at least 4 members (excludes halogenated alkanes) is 1. The maximum absolute atomic E-state index is 13.6. The number of benzene rings is 3. The summed E-state index contributed by atoms with van der Waals surface area (Å²) < 4.78 is 38.5. The second-order valence-corrected chi connectivity index (χ2v) is 9.05. The minimum atomic E-state index is -4.17. The fraction of sp³-hybridized carbons (Fsp3) is 0.240. The highest BCUT2D eigenvalue weighted by molar-refractivity contribution is 7.93. The minimum absolute atomic E-state index is 0.0262. The Labute approximate surface area is 189 Å². The second kappa shape index (κ2) is 10.3. The molecule has 0 radical (unpaired) electrons. The quantitative estimate of drug-likeness (QED) is 0.452. The van der Waals surface area contributed by atoms with Crippen LogP contribution in [0.4, 0.5) is 5.69 Å². The van der Waals surface area contributed by atoms with Gasteiger partial charge in [-0.15, -0.1) is 0 Å². The van der Waals surface area contributed by atoms with Gasteiger partial charge >= 0.3 is 0 Å². The van der Waals surface area contributed by atoms with Crippen molar-refractivity contribution < 1.29 is 22.7 Å². The van der Waals surface area contributed by atoms with E-state index in [1.165, 1.54) is 38.5 Å². The number of amides is 1. The fourth-order valence-electron chi connectivity index (χ4n) is 3.29. The molecule has 0 fully saturated rings. The van der Waals surface area contributed by atoms with E-state index in [0.717, 1.165) is 29.1 Å². The first-order chi connectivity index (χ1) is 15.4. The highest BCUT2D eigenvalue weighted by Crippen LogP contribution is 2.29. The van der Waals surface area contributed by atoms with Crippen LogP contribution in [0.3, 0.4) is 0 Å².